The molecule has 0 radical (unpaired) electrons. The molecule has 1 aliphatic rings. The first-order valence-electron chi connectivity index (χ1n) is 8.41. The van der Waals surface area contributed by atoms with Crippen molar-refractivity contribution < 1.29 is 8.78 Å². The normalized spacial score (nSPS) is 15.4. The van der Waals surface area contributed by atoms with Crippen molar-refractivity contribution in [2.75, 3.05) is 31.1 Å². The standard InChI is InChI=1S/C19H18F2N4/c20-15-7-3-6-14(17(15)21)18-13-5-1-2-8-16(13)23-19(24-18)25-11-4-9-22-10-12-25/h1-3,5-8,22H,4,9-12H2. The first kappa shape index (κ1) is 15.9. The van der Waals surface area contributed by atoms with Crippen molar-refractivity contribution in [3.63, 3.8) is 0 Å². The van der Waals surface area contributed by atoms with E-state index < -0.39 is 11.6 Å². The van der Waals surface area contributed by atoms with Crippen LogP contribution in [-0.4, -0.2) is 36.1 Å². The molecule has 2 aromatic carbocycles. The summed E-state index contributed by atoms with van der Waals surface area (Å²) in [6.45, 7) is 3.41. The van der Waals surface area contributed by atoms with Gasteiger partial charge in [-0.15, -0.1) is 0 Å². The van der Waals surface area contributed by atoms with Gasteiger partial charge in [-0.1, -0.05) is 24.3 Å². The van der Waals surface area contributed by atoms with Crippen LogP contribution in [0.2, 0.25) is 0 Å². The Morgan fingerprint density at radius 3 is 2.72 bits per heavy atom. The molecule has 2 heterocycles. The molecule has 0 saturated carbocycles. The third-order valence-corrected chi connectivity index (χ3v) is 4.42. The van der Waals surface area contributed by atoms with Crippen LogP contribution in [-0.2, 0) is 0 Å². The van der Waals surface area contributed by atoms with Gasteiger partial charge in [0.05, 0.1) is 11.2 Å². The molecule has 1 fully saturated rings. The Bertz CT molecular complexity index is 905. The summed E-state index contributed by atoms with van der Waals surface area (Å²) >= 11 is 0. The zero-order chi connectivity index (χ0) is 17.2. The number of hydrogen-bond donors (Lipinski definition) is 1. The van der Waals surface area contributed by atoms with E-state index in [-0.39, 0.29) is 5.56 Å². The van der Waals surface area contributed by atoms with E-state index in [2.05, 4.69) is 20.2 Å². The number of benzene rings is 2. The Morgan fingerprint density at radius 1 is 0.920 bits per heavy atom. The number of fused-ring (bicyclic) bond motifs is 1. The van der Waals surface area contributed by atoms with Crippen molar-refractivity contribution in [1.82, 2.24) is 15.3 Å². The van der Waals surface area contributed by atoms with Crippen molar-refractivity contribution in [2.45, 2.75) is 6.42 Å². The summed E-state index contributed by atoms with van der Waals surface area (Å²) in [7, 11) is 0. The van der Waals surface area contributed by atoms with Gasteiger partial charge in [0.25, 0.3) is 0 Å². The SMILES string of the molecule is Fc1cccc(-c2nc(N3CCCNCC3)nc3ccccc23)c1F. The highest BCUT2D eigenvalue weighted by atomic mass is 19.2. The lowest BCUT2D eigenvalue weighted by Gasteiger charge is -2.21. The Morgan fingerprint density at radius 2 is 1.80 bits per heavy atom. The quantitative estimate of drug-likeness (QED) is 0.777. The predicted molar refractivity (Wildman–Crippen MR) is 94.6 cm³/mol. The van der Waals surface area contributed by atoms with Gasteiger partial charge < -0.3 is 10.2 Å². The first-order chi connectivity index (χ1) is 12.2. The van der Waals surface area contributed by atoms with E-state index in [0.29, 0.717) is 17.0 Å². The number of aromatic nitrogens is 2. The van der Waals surface area contributed by atoms with Crippen LogP contribution in [0.1, 0.15) is 6.42 Å². The molecule has 0 amide bonds. The van der Waals surface area contributed by atoms with Gasteiger partial charge in [-0.05, 0) is 31.2 Å². The molecule has 0 unspecified atom stereocenters. The lowest BCUT2D eigenvalue weighted by Crippen LogP contribution is -2.29. The molecule has 128 valence electrons. The Balaban J connectivity index is 1.91. The van der Waals surface area contributed by atoms with E-state index in [9.17, 15) is 8.78 Å². The largest absolute Gasteiger partial charge is 0.339 e. The molecular weight excluding hydrogens is 322 g/mol. The smallest absolute Gasteiger partial charge is 0.226 e. The van der Waals surface area contributed by atoms with Gasteiger partial charge in [-0.2, -0.15) is 0 Å². The number of hydrogen-bond acceptors (Lipinski definition) is 4. The van der Waals surface area contributed by atoms with E-state index >= 15 is 0 Å². The van der Waals surface area contributed by atoms with Crippen LogP contribution in [0, 0.1) is 11.6 Å². The van der Waals surface area contributed by atoms with Gasteiger partial charge in [0.2, 0.25) is 5.95 Å². The Labute approximate surface area is 144 Å². The maximum Gasteiger partial charge on any atom is 0.226 e. The lowest BCUT2D eigenvalue weighted by molar-refractivity contribution is 0.511. The summed E-state index contributed by atoms with van der Waals surface area (Å²) in [5, 5.41) is 4.05. The lowest BCUT2D eigenvalue weighted by atomic mass is 10.1. The summed E-state index contributed by atoms with van der Waals surface area (Å²) < 4.78 is 28.1. The molecule has 1 aliphatic heterocycles. The molecule has 0 atom stereocenters. The maximum absolute atomic E-state index is 14.4. The van der Waals surface area contributed by atoms with Crippen LogP contribution in [0.25, 0.3) is 22.2 Å². The van der Waals surface area contributed by atoms with Crippen molar-refractivity contribution in [3.8, 4) is 11.3 Å². The second-order valence-corrected chi connectivity index (χ2v) is 6.08. The molecule has 1 saturated heterocycles. The van der Waals surface area contributed by atoms with Crippen molar-refractivity contribution in [2.24, 2.45) is 0 Å². The van der Waals surface area contributed by atoms with E-state index in [0.717, 1.165) is 44.2 Å². The maximum atomic E-state index is 14.4. The monoisotopic (exact) mass is 340 g/mol. The fourth-order valence-electron chi connectivity index (χ4n) is 3.14. The van der Waals surface area contributed by atoms with Crippen LogP contribution in [0.5, 0.6) is 0 Å². The predicted octanol–water partition coefficient (Wildman–Crippen LogP) is 3.37. The minimum absolute atomic E-state index is 0.160. The molecule has 0 bridgehead atoms. The van der Waals surface area contributed by atoms with E-state index in [1.807, 2.05) is 24.3 Å². The van der Waals surface area contributed by atoms with Gasteiger partial charge >= 0.3 is 0 Å². The van der Waals surface area contributed by atoms with Crippen molar-refractivity contribution >= 4 is 16.9 Å². The second kappa shape index (κ2) is 6.72. The molecule has 6 heteroatoms. The summed E-state index contributed by atoms with van der Waals surface area (Å²) in [6, 6.07) is 11.6. The van der Waals surface area contributed by atoms with E-state index in [1.54, 1.807) is 6.07 Å². The third kappa shape index (κ3) is 3.05. The van der Waals surface area contributed by atoms with Gasteiger partial charge in [0, 0.05) is 30.6 Å². The fraction of sp³-hybridized carbons (Fsp3) is 0.263. The number of rotatable bonds is 2. The van der Waals surface area contributed by atoms with E-state index in [1.165, 1.54) is 6.07 Å². The summed E-state index contributed by atoms with van der Waals surface area (Å²) in [4.78, 5) is 11.4. The topological polar surface area (TPSA) is 41.1 Å². The third-order valence-electron chi connectivity index (χ3n) is 4.42. The number of nitrogens with one attached hydrogen (secondary N) is 1. The van der Waals surface area contributed by atoms with Gasteiger partial charge in [0.15, 0.2) is 11.6 Å². The van der Waals surface area contributed by atoms with Crippen LogP contribution in [0.3, 0.4) is 0 Å². The molecule has 25 heavy (non-hydrogen) atoms. The second-order valence-electron chi connectivity index (χ2n) is 6.08. The molecule has 1 aromatic heterocycles. The van der Waals surface area contributed by atoms with Crippen LogP contribution in [0.4, 0.5) is 14.7 Å². The van der Waals surface area contributed by atoms with Crippen LogP contribution in [0.15, 0.2) is 42.5 Å². The summed E-state index contributed by atoms with van der Waals surface area (Å²) in [6.07, 6.45) is 0.986. The zero-order valence-corrected chi connectivity index (χ0v) is 13.7. The molecule has 4 nitrogen and oxygen atoms in total. The van der Waals surface area contributed by atoms with E-state index in [4.69, 9.17) is 0 Å². The van der Waals surface area contributed by atoms with Gasteiger partial charge in [-0.25, -0.2) is 18.7 Å². The fourth-order valence-corrected chi connectivity index (χ4v) is 3.14. The molecular formula is C19H18F2N4. The number of nitrogens with zero attached hydrogens (tertiary/aromatic N) is 3. The molecule has 0 spiro atoms. The number of anilines is 1. The van der Waals surface area contributed by atoms with Crippen LogP contribution < -0.4 is 10.2 Å². The summed E-state index contributed by atoms with van der Waals surface area (Å²) in [5.41, 5.74) is 1.31. The minimum atomic E-state index is -0.880. The minimum Gasteiger partial charge on any atom is -0.339 e. The zero-order valence-electron chi connectivity index (χ0n) is 13.7. The highest BCUT2D eigenvalue weighted by Gasteiger charge is 2.19. The Kier molecular flexibility index (Phi) is 4.28. The van der Waals surface area contributed by atoms with Gasteiger partial charge in [0.1, 0.15) is 0 Å². The highest BCUT2D eigenvalue weighted by Crippen LogP contribution is 2.30. The van der Waals surface area contributed by atoms with Gasteiger partial charge in [-0.3, -0.25) is 0 Å². The molecule has 1 N–H and O–H groups in total. The highest BCUT2D eigenvalue weighted by molar-refractivity contribution is 5.93. The average molecular weight is 340 g/mol. The molecule has 0 aliphatic carbocycles. The molecule has 3 aromatic rings. The first-order valence-corrected chi connectivity index (χ1v) is 8.41. The van der Waals surface area contributed by atoms with Crippen molar-refractivity contribution in [3.05, 3.63) is 54.1 Å². The summed E-state index contributed by atoms with van der Waals surface area (Å²) in [5.74, 6) is -1.20. The average Bonchev–Trinajstić information content (AvgIpc) is 2.93. The molecule has 4 rings (SSSR count). The number of halogens is 2. The number of para-hydroxylation sites is 1. The Hall–Kier alpha value is -2.60. The van der Waals surface area contributed by atoms with Crippen molar-refractivity contribution in [1.29, 1.82) is 0 Å². The van der Waals surface area contributed by atoms with Crippen LogP contribution >= 0.6 is 0 Å².